The van der Waals surface area contributed by atoms with Crippen molar-refractivity contribution in [3.8, 4) is 0 Å². The summed E-state index contributed by atoms with van der Waals surface area (Å²) in [4.78, 5) is 21.9. The van der Waals surface area contributed by atoms with Gasteiger partial charge in [0.1, 0.15) is 6.10 Å². The van der Waals surface area contributed by atoms with Crippen LogP contribution in [0.4, 0.5) is 0 Å². The molecular formula is C12H13ClO5S. The lowest BCUT2D eigenvalue weighted by molar-refractivity contribution is -0.109. The molecule has 0 saturated heterocycles. The molecule has 0 radical (unpaired) electrons. The second kappa shape index (κ2) is 6.91. The van der Waals surface area contributed by atoms with Crippen molar-refractivity contribution in [2.45, 2.75) is 19.1 Å². The number of hydrogen-bond donors (Lipinski definition) is 3. The standard InChI is InChI=1S/C12H13ClO5S/c1-6(14)19-5-9(15)11(16)7-3-2-4-8(13)10(7)12(17)18/h2-4,9,11,15-16H,5H2,1H3,(H,17,18). The predicted molar refractivity (Wildman–Crippen MR) is 72.5 cm³/mol. The minimum atomic E-state index is -1.42. The van der Waals surface area contributed by atoms with Crippen molar-refractivity contribution in [3.63, 3.8) is 0 Å². The Bertz CT molecular complexity index is 491. The average Bonchev–Trinajstić information content (AvgIpc) is 2.34. The summed E-state index contributed by atoms with van der Waals surface area (Å²) in [6, 6.07) is 4.25. The van der Waals surface area contributed by atoms with Crippen LogP contribution >= 0.6 is 23.4 Å². The Morgan fingerprint density at radius 2 is 2.00 bits per heavy atom. The van der Waals surface area contributed by atoms with Crippen molar-refractivity contribution in [1.82, 2.24) is 0 Å². The fourth-order valence-electron chi connectivity index (χ4n) is 1.51. The Labute approximate surface area is 119 Å². The number of hydrogen-bond acceptors (Lipinski definition) is 5. The van der Waals surface area contributed by atoms with Crippen LogP contribution in [-0.2, 0) is 4.79 Å². The molecule has 0 aromatic heterocycles. The van der Waals surface area contributed by atoms with Gasteiger partial charge in [-0.2, -0.15) is 0 Å². The highest BCUT2D eigenvalue weighted by molar-refractivity contribution is 8.13. The topological polar surface area (TPSA) is 94.8 Å². The highest BCUT2D eigenvalue weighted by Gasteiger charge is 2.25. The molecule has 1 aromatic carbocycles. The van der Waals surface area contributed by atoms with E-state index in [1.165, 1.54) is 25.1 Å². The number of aromatic carboxylic acids is 1. The van der Waals surface area contributed by atoms with Crippen molar-refractivity contribution in [2.75, 3.05) is 5.75 Å². The van der Waals surface area contributed by atoms with Gasteiger partial charge in [0.2, 0.25) is 0 Å². The van der Waals surface area contributed by atoms with Crippen LogP contribution in [0, 0.1) is 0 Å². The highest BCUT2D eigenvalue weighted by Crippen LogP contribution is 2.28. The van der Waals surface area contributed by atoms with Gasteiger partial charge < -0.3 is 15.3 Å². The largest absolute Gasteiger partial charge is 0.478 e. The quantitative estimate of drug-likeness (QED) is 0.766. The summed E-state index contributed by atoms with van der Waals surface area (Å²) in [5.41, 5.74) is -0.222. The van der Waals surface area contributed by atoms with Gasteiger partial charge in [-0.05, 0) is 11.6 Å². The first-order valence-electron chi connectivity index (χ1n) is 5.35. The Morgan fingerprint density at radius 1 is 1.37 bits per heavy atom. The summed E-state index contributed by atoms with van der Waals surface area (Å²) in [7, 11) is 0. The van der Waals surface area contributed by atoms with E-state index < -0.39 is 18.2 Å². The Kier molecular flexibility index (Phi) is 5.81. The van der Waals surface area contributed by atoms with Crippen LogP contribution in [0.1, 0.15) is 28.9 Å². The summed E-state index contributed by atoms with van der Waals surface area (Å²) >= 11 is 6.62. The molecule has 0 aliphatic rings. The van der Waals surface area contributed by atoms with Gasteiger partial charge in [0, 0.05) is 12.7 Å². The first-order chi connectivity index (χ1) is 8.84. The van der Waals surface area contributed by atoms with Gasteiger partial charge in [-0.25, -0.2) is 4.79 Å². The number of carbonyl (C=O) groups excluding carboxylic acids is 1. The Hall–Kier alpha value is -1.08. The number of halogens is 1. The number of carboxylic acid groups (broad SMARTS) is 1. The van der Waals surface area contributed by atoms with E-state index >= 15 is 0 Å². The van der Waals surface area contributed by atoms with Gasteiger partial charge in [-0.1, -0.05) is 35.5 Å². The number of rotatable bonds is 5. The molecule has 0 aliphatic heterocycles. The summed E-state index contributed by atoms with van der Waals surface area (Å²) in [6.07, 6.45) is -2.68. The van der Waals surface area contributed by atoms with Crippen molar-refractivity contribution in [2.24, 2.45) is 0 Å². The second-order valence-electron chi connectivity index (χ2n) is 3.82. The highest BCUT2D eigenvalue weighted by atomic mass is 35.5. The molecule has 5 nitrogen and oxygen atoms in total. The molecule has 0 bridgehead atoms. The lowest BCUT2D eigenvalue weighted by atomic mass is 9.99. The maximum atomic E-state index is 11.1. The monoisotopic (exact) mass is 304 g/mol. The zero-order valence-corrected chi connectivity index (χ0v) is 11.6. The minimum absolute atomic E-state index is 0.0181. The molecule has 1 rings (SSSR count). The van der Waals surface area contributed by atoms with Crippen molar-refractivity contribution < 1.29 is 24.9 Å². The van der Waals surface area contributed by atoms with E-state index in [9.17, 15) is 19.8 Å². The number of aliphatic hydroxyl groups is 2. The first-order valence-corrected chi connectivity index (χ1v) is 6.72. The van der Waals surface area contributed by atoms with Crippen LogP contribution in [0.25, 0.3) is 0 Å². The maximum absolute atomic E-state index is 11.1. The van der Waals surface area contributed by atoms with E-state index in [1.807, 2.05) is 0 Å². The number of carbonyl (C=O) groups is 2. The van der Waals surface area contributed by atoms with Crippen LogP contribution < -0.4 is 0 Å². The number of aliphatic hydroxyl groups excluding tert-OH is 2. The molecule has 19 heavy (non-hydrogen) atoms. The molecule has 0 aliphatic carbocycles. The van der Waals surface area contributed by atoms with Crippen molar-refractivity contribution in [3.05, 3.63) is 34.3 Å². The normalized spacial score (nSPS) is 13.9. The van der Waals surface area contributed by atoms with Crippen molar-refractivity contribution in [1.29, 1.82) is 0 Å². The van der Waals surface area contributed by atoms with Gasteiger partial charge in [-0.3, -0.25) is 4.79 Å². The van der Waals surface area contributed by atoms with Gasteiger partial charge >= 0.3 is 5.97 Å². The maximum Gasteiger partial charge on any atom is 0.337 e. The van der Waals surface area contributed by atoms with Crippen LogP contribution in [0.3, 0.4) is 0 Å². The summed E-state index contributed by atoms with van der Waals surface area (Å²) < 4.78 is 0. The van der Waals surface area contributed by atoms with E-state index in [-0.39, 0.29) is 27.0 Å². The average molecular weight is 305 g/mol. The van der Waals surface area contributed by atoms with Crippen LogP contribution in [0.2, 0.25) is 5.02 Å². The zero-order valence-electron chi connectivity index (χ0n) is 10.0. The van der Waals surface area contributed by atoms with E-state index in [4.69, 9.17) is 16.7 Å². The molecule has 0 fully saturated rings. The van der Waals surface area contributed by atoms with Crippen LogP contribution in [0.5, 0.6) is 0 Å². The third-order valence-corrected chi connectivity index (χ3v) is 3.63. The number of carboxylic acids is 1. The lowest BCUT2D eigenvalue weighted by Crippen LogP contribution is -2.23. The Balaban J connectivity index is 2.99. The van der Waals surface area contributed by atoms with Crippen LogP contribution in [-0.4, -0.2) is 38.3 Å². The molecular weight excluding hydrogens is 292 g/mol. The lowest BCUT2D eigenvalue weighted by Gasteiger charge is -2.19. The van der Waals surface area contributed by atoms with Gasteiger partial charge in [0.05, 0.1) is 16.7 Å². The predicted octanol–water partition coefficient (Wildman–Crippen LogP) is 1.71. The fourth-order valence-corrected chi connectivity index (χ4v) is 2.36. The number of benzene rings is 1. The zero-order chi connectivity index (χ0) is 14.6. The SMILES string of the molecule is CC(=O)SCC(O)C(O)c1cccc(Cl)c1C(=O)O. The number of thioether (sulfide) groups is 1. The molecule has 2 atom stereocenters. The molecule has 7 heteroatoms. The molecule has 104 valence electrons. The molecule has 0 spiro atoms. The van der Waals surface area contributed by atoms with Crippen LogP contribution in [0.15, 0.2) is 18.2 Å². The molecule has 2 unspecified atom stereocenters. The van der Waals surface area contributed by atoms with Gasteiger partial charge in [0.15, 0.2) is 5.12 Å². The van der Waals surface area contributed by atoms with E-state index in [0.29, 0.717) is 0 Å². The molecule has 3 N–H and O–H groups in total. The van der Waals surface area contributed by atoms with E-state index in [0.717, 1.165) is 11.8 Å². The third-order valence-electron chi connectivity index (χ3n) is 2.40. The smallest absolute Gasteiger partial charge is 0.337 e. The third kappa shape index (κ3) is 4.21. The van der Waals surface area contributed by atoms with Crippen molar-refractivity contribution >= 4 is 34.4 Å². The summed E-state index contributed by atoms with van der Waals surface area (Å²) in [6.45, 7) is 1.34. The molecule has 0 amide bonds. The minimum Gasteiger partial charge on any atom is -0.478 e. The van der Waals surface area contributed by atoms with E-state index in [2.05, 4.69) is 0 Å². The molecule has 1 aromatic rings. The second-order valence-corrected chi connectivity index (χ2v) is 5.43. The fraction of sp³-hybridized carbons (Fsp3) is 0.333. The van der Waals surface area contributed by atoms with Gasteiger partial charge in [0.25, 0.3) is 0 Å². The summed E-state index contributed by atoms with van der Waals surface area (Å²) in [5.74, 6) is -1.31. The summed E-state index contributed by atoms with van der Waals surface area (Å²) in [5, 5.41) is 28.6. The molecule has 0 heterocycles. The Morgan fingerprint density at radius 3 is 2.53 bits per heavy atom. The first kappa shape index (κ1) is 16.0. The molecule has 0 saturated carbocycles. The van der Waals surface area contributed by atoms with E-state index in [1.54, 1.807) is 0 Å². The van der Waals surface area contributed by atoms with Gasteiger partial charge in [-0.15, -0.1) is 0 Å².